The van der Waals surface area contributed by atoms with Crippen LogP contribution in [0.4, 0.5) is 0 Å². The number of carbonyl (C=O) groups is 4. The molecule has 104 heavy (non-hydrogen) atoms. The molecule has 0 saturated carbocycles. The van der Waals surface area contributed by atoms with E-state index in [0.29, 0.717) is 25.7 Å². The van der Waals surface area contributed by atoms with E-state index in [2.05, 4.69) is 41.5 Å². The molecule has 17 nitrogen and oxygen atoms in total. The van der Waals surface area contributed by atoms with E-state index in [4.69, 9.17) is 37.0 Å². The van der Waals surface area contributed by atoms with E-state index in [1.165, 1.54) is 270 Å². The number of hydrogen-bond donors (Lipinski definition) is 3. The topological polar surface area (TPSA) is 237 Å². The van der Waals surface area contributed by atoms with E-state index in [1.54, 1.807) is 0 Å². The Morgan fingerprint density at radius 1 is 0.260 bits per heavy atom. The van der Waals surface area contributed by atoms with E-state index in [-0.39, 0.29) is 25.7 Å². The molecule has 0 saturated heterocycles. The van der Waals surface area contributed by atoms with Gasteiger partial charge in [0.2, 0.25) is 0 Å². The summed E-state index contributed by atoms with van der Waals surface area (Å²) in [6.07, 6.45) is 68.0. The maximum absolute atomic E-state index is 13.1. The Balaban J connectivity index is 5.22. The minimum atomic E-state index is -4.96. The van der Waals surface area contributed by atoms with Gasteiger partial charge in [0.15, 0.2) is 12.2 Å². The number of esters is 4. The van der Waals surface area contributed by atoms with E-state index in [0.717, 1.165) is 102 Å². The van der Waals surface area contributed by atoms with Crippen LogP contribution in [0.2, 0.25) is 0 Å². The number of aliphatic hydroxyl groups excluding tert-OH is 1. The molecule has 0 radical (unpaired) electrons. The summed E-state index contributed by atoms with van der Waals surface area (Å²) < 4.78 is 68.8. The Morgan fingerprint density at radius 2 is 0.442 bits per heavy atom. The van der Waals surface area contributed by atoms with Crippen LogP contribution in [0.5, 0.6) is 0 Å². The second kappa shape index (κ2) is 76.4. The van der Waals surface area contributed by atoms with Gasteiger partial charge in [-0.25, -0.2) is 9.13 Å². The third-order valence-electron chi connectivity index (χ3n) is 20.0. The number of rotatable bonds is 84. The molecule has 0 aliphatic carbocycles. The van der Waals surface area contributed by atoms with Gasteiger partial charge < -0.3 is 33.8 Å². The number of ether oxygens (including phenoxy) is 4. The minimum Gasteiger partial charge on any atom is -0.462 e. The minimum absolute atomic E-state index is 0.108. The van der Waals surface area contributed by atoms with Crippen molar-refractivity contribution in [3.8, 4) is 0 Å². The number of aliphatic hydroxyl groups is 1. The number of phosphoric acid groups is 2. The lowest BCUT2D eigenvalue weighted by atomic mass is 10.0. The highest BCUT2D eigenvalue weighted by atomic mass is 31.2. The van der Waals surface area contributed by atoms with Crippen LogP contribution in [-0.2, 0) is 65.4 Å². The average Bonchev–Trinajstić information content (AvgIpc) is 0.930. The van der Waals surface area contributed by atoms with Gasteiger partial charge in [-0.1, -0.05) is 401 Å². The third kappa shape index (κ3) is 78.2. The predicted octanol–water partition coefficient (Wildman–Crippen LogP) is 25.8. The van der Waals surface area contributed by atoms with E-state index < -0.39 is 97.5 Å². The van der Waals surface area contributed by atoms with Gasteiger partial charge in [0.25, 0.3) is 0 Å². The highest BCUT2D eigenvalue weighted by molar-refractivity contribution is 7.47. The Labute approximate surface area is 638 Å². The summed E-state index contributed by atoms with van der Waals surface area (Å²) in [5.41, 5.74) is 0. The van der Waals surface area contributed by atoms with Crippen LogP contribution in [0.15, 0.2) is 0 Å². The summed E-state index contributed by atoms with van der Waals surface area (Å²) in [5, 5.41) is 10.7. The molecule has 0 fully saturated rings. The fourth-order valence-electron chi connectivity index (χ4n) is 13.2. The zero-order chi connectivity index (χ0) is 76.4. The van der Waals surface area contributed by atoms with Gasteiger partial charge in [0.05, 0.1) is 26.4 Å². The van der Waals surface area contributed by atoms with Gasteiger partial charge in [-0.2, -0.15) is 0 Å². The molecular formula is C85H166O17P2. The quantitative estimate of drug-likeness (QED) is 0.0222. The smallest absolute Gasteiger partial charge is 0.462 e. The van der Waals surface area contributed by atoms with Crippen molar-refractivity contribution in [2.75, 3.05) is 39.6 Å². The van der Waals surface area contributed by atoms with Crippen molar-refractivity contribution in [2.45, 2.75) is 471 Å². The summed E-state index contributed by atoms with van der Waals surface area (Å²) in [4.78, 5) is 73.2. The van der Waals surface area contributed by atoms with Gasteiger partial charge >= 0.3 is 39.5 Å². The molecule has 618 valence electrons. The first-order valence-corrected chi connectivity index (χ1v) is 47.0. The van der Waals surface area contributed by atoms with Crippen LogP contribution in [0.25, 0.3) is 0 Å². The zero-order valence-corrected chi connectivity index (χ0v) is 70.1. The van der Waals surface area contributed by atoms with Crippen LogP contribution >= 0.6 is 15.6 Å². The second-order valence-corrected chi connectivity index (χ2v) is 34.4. The van der Waals surface area contributed by atoms with Crippen molar-refractivity contribution in [3.63, 3.8) is 0 Å². The van der Waals surface area contributed by atoms with Gasteiger partial charge in [-0.3, -0.25) is 37.3 Å². The Hall–Kier alpha value is -1.94. The van der Waals surface area contributed by atoms with Crippen LogP contribution in [0, 0.1) is 11.8 Å². The Kier molecular flexibility index (Phi) is 75.0. The molecule has 0 aromatic heterocycles. The molecule has 0 aliphatic rings. The highest BCUT2D eigenvalue weighted by Crippen LogP contribution is 2.45. The number of carbonyl (C=O) groups excluding carboxylic acids is 4. The largest absolute Gasteiger partial charge is 0.472 e. The van der Waals surface area contributed by atoms with Gasteiger partial charge in [-0.05, 0) is 37.5 Å². The lowest BCUT2D eigenvalue weighted by Crippen LogP contribution is -2.30. The van der Waals surface area contributed by atoms with Crippen LogP contribution in [0.3, 0.4) is 0 Å². The molecular weight excluding hydrogens is 1350 g/mol. The zero-order valence-electron chi connectivity index (χ0n) is 68.3. The Morgan fingerprint density at radius 3 is 0.654 bits per heavy atom. The molecule has 3 N–H and O–H groups in total. The monoisotopic (exact) mass is 1520 g/mol. The molecule has 0 aliphatic heterocycles. The maximum Gasteiger partial charge on any atom is 0.472 e. The first kappa shape index (κ1) is 102. The first-order valence-electron chi connectivity index (χ1n) is 44.0. The first-order chi connectivity index (χ1) is 50.4. The third-order valence-corrected chi connectivity index (χ3v) is 21.9. The molecule has 0 rings (SSSR count). The summed E-state index contributed by atoms with van der Waals surface area (Å²) in [5.74, 6) is -0.518. The molecule has 0 heterocycles. The van der Waals surface area contributed by atoms with Gasteiger partial charge in [-0.15, -0.1) is 0 Å². The van der Waals surface area contributed by atoms with Crippen LogP contribution in [0.1, 0.15) is 452 Å². The second-order valence-electron chi connectivity index (χ2n) is 31.5. The summed E-state index contributed by atoms with van der Waals surface area (Å²) in [7, 11) is -9.92. The molecule has 0 bridgehead atoms. The van der Waals surface area contributed by atoms with Gasteiger partial charge in [0.1, 0.15) is 19.3 Å². The van der Waals surface area contributed by atoms with Crippen molar-refractivity contribution >= 4 is 39.5 Å². The summed E-state index contributed by atoms with van der Waals surface area (Å²) in [6.45, 7) is 9.69. The van der Waals surface area contributed by atoms with Crippen LogP contribution in [-0.4, -0.2) is 96.7 Å². The van der Waals surface area contributed by atoms with E-state index >= 15 is 0 Å². The number of unbranched alkanes of at least 4 members (excludes halogenated alkanes) is 54. The molecule has 2 unspecified atom stereocenters. The van der Waals surface area contributed by atoms with Crippen molar-refractivity contribution in [1.82, 2.24) is 0 Å². The SMILES string of the molecule is CCCCCCCCCCCCCCCCCCCCCCCC(=O)O[C@H](COC(=O)CCCCCCCCCCCCCCCCC(C)C)COP(=O)(O)OC[C@@H](O)COP(=O)(O)OC[C@@H](COC(=O)CCCCCCCCCCCC)OC(=O)CCCCCCCCCCCCCCCC(C)C. The molecule has 0 aromatic carbocycles. The van der Waals surface area contributed by atoms with E-state index in [9.17, 15) is 43.2 Å². The fourth-order valence-corrected chi connectivity index (χ4v) is 14.8. The molecule has 0 spiro atoms. The van der Waals surface area contributed by atoms with Gasteiger partial charge in [0, 0.05) is 25.7 Å². The average molecular weight is 1520 g/mol. The standard InChI is InChI=1S/C85H166O17P2/c1-7-9-11-13-15-17-19-20-21-22-23-24-25-26-27-34-39-45-51-57-63-69-84(89)102-81(74-96-83(88)68-62-56-50-44-38-33-29-28-31-36-41-47-53-59-65-77(3)4)76-100-104(93,94)98-72-79(86)71-97-103(91,92)99-75-80(73-95-82(87)67-61-55-49-43-18-16-14-12-10-8-2)101-85(90)70-64-58-52-46-40-35-30-32-37-42-48-54-60-66-78(5)6/h77-81,86H,7-76H2,1-6H3,(H,91,92)(H,93,94)/t79-,80+,81+/m0/s1. The number of hydrogen-bond acceptors (Lipinski definition) is 15. The molecule has 0 aromatic rings. The Bertz CT molecular complexity index is 1990. The summed E-state index contributed by atoms with van der Waals surface area (Å²) >= 11 is 0. The molecule has 5 atom stereocenters. The van der Waals surface area contributed by atoms with Crippen LogP contribution < -0.4 is 0 Å². The fraction of sp³-hybridized carbons (Fsp3) is 0.953. The highest BCUT2D eigenvalue weighted by Gasteiger charge is 2.30. The van der Waals surface area contributed by atoms with Crippen molar-refractivity contribution < 1.29 is 80.2 Å². The molecule has 0 amide bonds. The normalized spacial score (nSPS) is 13.8. The lowest BCUT2D eigenvalue weighted by molar-refractivity contribution is -0.161. The summed E-state index contributed by atoms with van der Waals surface area (Å²) in [6, 6.07) is 0. The molecule has 19 heteroatoms. The predicted molar refractivity (Wildman–Crippen MR) is 428 cm³/mol. The van der Waals surface area contributed by atoms with Crippen molar-refractivity contribution in [3.05, 3.63) is 0 Å². The van der Waals surface area contributed by atoms with Crippen molar-refractivity contribution in [1.29, 1.82) is 0 Å². The van der Waals surface area contributed by atoms with Crippen molar-refractivity contribution in [2.24, 2.45) is 11.8 Å². The maximum atomic E-state index is 13.1. The van der Waals surface area contributed by atoms with E-state index in [1.807, 2.05) is 0 Å². The lowest BCUT2D eigenvalue weighted by Gasteiger charge is -2.21. The number of phosphoric ester groups is 2.